The minimum atomic E-state index is 0.782. The number of hydrogen-bond acceptors (Lipinski definition) is 0. The summed E-state index contributed by atoms with van der Waals surface area (Å²) >= 11 is 0. The van der Waals surface area contributed by atoms with Crippen molar-refractivity contribution in [3.63, 3.8) is 0 Å². The van der Waals surface area contributed by atoms with E-state index < -0.39 is 0 Å². The third-order valence-electron chi connectivity index (χ3n) is 1.78. The largest absolute Gasteiger partial charge is 0.0654 e. The van der Waals surface area contributed by atoms with Crippen molar-refractivity contribution >= 4 is 0 Å². The lowest BCUT2D eigenvalue weighted by Gasteiger charge is -2.09. The van der Waals surface area contributed by atoms with Crippen LogP contribution in [0.3, 0.4) is 0 Å². The van der Waals surface area contributed by atoms with Crippen LogP contribution in [-0.2, 0) is 0 Å². The molecule has 0 fully saturated rings. The molecule has 0 aliphatic rings. The molecule has 0 unspecified atom stereocenters. The highest BCUT2D eigenvalue weighted by atomic mass is 14.1. The van der Waals surface area contributed by atoms with Gasteiger partial charge in [0.1, 0.15) is 0 Å². The van der Waals surface area contributed by atoms with Gasteiger partial charge < -0.3 is 0 Å². The van der Waals surface area contributed by atoms with E-state index in [2.05, 4.69) is 20.8 Å². The zero-order valence-electron chi connectivity index (χ0n) is 6.53. The summed E-state index contributed by atoms with van der Waals surface area (Å²) in [6, 6.07) is 0. The smallest absolute Gasteiger partial charge is 0.0414 e. The van der Waals surface area contributed by atoms with Crippen molar-refractivity contribution in [3.8, 4) is 0 Å². The molecule has 2 radical (unpaired) electrons. The first-order valence-electron chi connectivity index (χ1n) is 3.93. The van der Waals surface area contributed by atoms with Crippen LogP contribution in [0.15, 0.2) is 0 Å². The third-order valence-corrected chi connectivity index (χ3v) is 1.78. The van der Waals surface area contributed by atoms with Gasteiger partial charge in [0.2, 0.25) is 0 Å². The van der Waals surface area contributed by atoms with E-state index in [-0.39, 0.29) is 0 Å². The fourth-order valence-corrected chi connectivity index (χ4v) is 0.926. The average Bonchev–Trinajstić information content (AvgIpc) is 1.91. The van der Waals surface area contributed by atoms with Gasteiger partial charge in [-0.15, -0.1) is 0 Å². The molecule has 0 heteroatoms. The fraction of sp³-hybridized carbons (Fsp3) is 0.778. The predicted molar refractivity (Wildman–Crippen MR) is 43.0 cm³/mol. The molecule has 0 aliphatic carbocycles. The van der Waals surface area contributed by atoms with Crippen LogP contribution in [0, 0.1) is 19.8 Å². The summed E-state index contributed by atoms with van der Waals surface area (Å²) in [7, 11) is 0. The van der Waals surface area contributed by atoms with E-state index in [4.69, 9.17) is 0 Å². The maximum Gasteiger partial charge on any atom is -0.0414 e. The van der Waals surface area contributed by atoms with E-state index in [1.165, 1.54) is 19.3 Å². The molecule has 0 atom stereocenters. The van der Waals surface area contributed by atoms with Crippen LogP contribution < -0.4 is 0 Å². The Balaban J connectivity index is 3.09. The van der Waals surface area contributed by atoms with E-state index in [1.54, 1.807) is 0 Å². The number of unbranched alkanes of at least 4 members (excludes halogenated alkanes) is 1. The molecule has 0 bridgehead atoms. The van der Waals surface area contributed by atoms with Gasteiger partial charge in [0.15, 0.2) is 0 Å². The second-order valence-electron chi connectivity index (χ2n) is 2.59. The molecular weight excluding hydrogens is 108 g/mol. The second-order valence-corrected chi connectivity index (χ2v) is 2.59. The van der Waals surface area contributed by atoms with Crippen molar-refractivity contribution in [1.82, 2.24) is 0 Å². The summed E-state index contributed by atoms with van der Waals surface area (Å²) in [4.78, 5) is 0. The molecule has 0 saturated heterocycles. The molecule has 0 amide bonds. The quantitative estimate of drug-likeness (QED) is 0.530. The Kier molecular flexibility index (Phi) is 6.12. The van der Waals surface area contributed by atoms with E-state index in [9.17, 15) is 0 Å². The molecule has 0 aromatic rings. The minimum Gasteiger partial charge on any atom is -0.0654 e. The van der Waals surface area contributed by atoms with Gasteiger partial charge in [-0.3, -0.25) is 0 Å². The Morgan fingerprint density at radius 1 is 1.22 bits per heavy atom. The highest BCUT2D eigenvalue weighted by molar-refractivity contribution is 4.61. The first-order chi connectivity index (χ1) is 4.35. The van der Waals surface area contributed by atoms with Gasteiger partial charge >= 0.3 is 0 Å². The molecular formula is C9H18. The predicted octanol–water partition coefficient (Wildman–Crippen LogP) is 3.24. The van der Waals surface area contributed by atoms with Crippen molar-refractivity contribution in [2.75, 3.05) is 0 Å². The average molecular weight is 126 g/mol. The molecule has 0 nitrogen and oxygen atoms in total. The Morgan fingerprint density at radius 2 is 1.78 bits per heavy atom. The highest BCUT2D eigenvalue weighted by Crippen LogP contribution is 2.14. The summed E-state index contributed by atoms with van der Waals surface area (Å²) in [5, 5.41) is 0. The lowest BCUT2D eigenvalue weighted by molar-refractivity contribution is 0.472. The van der Waals surface area contributed by atoms with Crippen LogP contribution in [0.25, 0.3) is 0 Å². The molecule has 0 aromatic heterocycles. The van der Waals surface area contributed by atoms with Crippen LogP contribution in [0.2, 0.25) is 0 Å². The maximum atomic E-state index is 3.87. The molecule has 0 aliphatic heterocycles. The van der Waals surface area contributed by atoms with E-state index >= 15 is 0 Å². The summed E-state index contributed by atoms with van der Waals surface area (Å²) in [6.45, 7) is 9.96. The van der Waals surface area contributed by atoms with Gasteiger partial charge in [-0.05, 0) is 5.92 Å². The standard InChI is InChI=1S/C9H18/c1-4-7-8-9(5-2)6-3/h9H,2-8H2,1H3. The van der Waals surface area contributed by atoms with Crippen molar-refractivity contribution in [2.24, 2.45) is 5.92 Å². The van der Waals surface area contributed by atoms with E-state index in [0.29, 0.717) is 0 Å². The lowest BCUT2D eigenvalue weighted by Crippen LogP contribution is -1.95. The van der Waals surface area contributed by atoms with Gasteiger partial charge in [0.05, 0.1) is 0 Å². The summed E-state index contributed by atoms with van der Waals surface area (Å²) < 4.78 is 0. The van der Waals surface area contributed by atoms with Crippen molar-refractivity contribution in [3.05, 3.63) is 13.8 Å². The molecule has 54 valence electrons. The first kappa shape index (κ1) is 9.00. The third kappa shape index (κ3) is 4.50. The molecule has 0 heterocycles. The topological polar surface area (TPSA) is 0 Å². The molecule has 9 heavy (non-hydrogen) atoms. The summed E-state index contributed by atoms with van der Waals surface area (Å²) in [5.74, 6) is 0.782. The lowest BCUT2D eigenvalue weighted by atomic mass is 9.97. The molecule has 0 aromatic carbocycles. The molecule has 0 spiro atoms. The summed E-state index contributed by atoms with van der Waals surface area (Å²) in [5.41, 5.74) is 0. The van der Waals surface area contributed by atoms with Gasteiger partial charge in [0.25, 0.3) is 0 Å². The van der Waals surface area contributed by atoms with Gasteiger partial charge in [-0.25, -0.2) is 0 Å². The zero-order valence-corrected chi connectivity index (χ0v) is 6.53. The molecule has 0 rings (SSSR count). The Bertz CT molecular complexity index is 44.0. The van der Waals surface area contributed by atoms with Crippen molar-refractivity contribution < 1.29 is 0 Å². The van der Waals surface area contributed by atoms with Crippen molar-refractivity contribution in [2.45, 2.75) is 39.0 Å². The van der Waals surface area contributed by atoms with Gasteiger partial charge in [-0.2, -0.15) is 0 Å². The van der Waals surface area contributed by atoms with Gasteiger partial charge in [0, 0.05) is 0 Å². The van der Waals surface area contributed by atoms with Crippen LogP contribution in [-0.4, -0.2) is 0 Å². The fourth-order valence-electron chi connectivity index (χ4n) is 0.926. The second kappa shape index (κ2) is 6.12. The van der Waals surface area contributed by atoms with Crippen LogP contribution in [0.5, 0.6) is 0 Å². The van der Waals surface area contributed by atoms with Crippen LogP contribution >= 0.6 is 0 Å². The minimum absolute atomic E-state index is 0.782. The Labute approximate surface area is 59.7 Å². The molecule has 0 saturated carbocycles. The first-order valence-corrected chi connectivity index (χ1v) is 3.93. The van der Waals surface area contributed by atoms with Gasteiger partial charge in [-0.1, -0.05) is 52.9 Å². The highest BCUT2D eigenvalue weighted by Gasteiger charge is 2.00. The molecule has 0 N–H and O–H groups in total. The van der Waals surface area contributed by atoms with Crippen LogP contribution in [0.1, 0.15) is 39.0 Å². The Hall–Kier alpha value is 0. The number of rotatable bonds is 5. The van der Waals surface area contributed by atoms with E-state index in [1.807, 2.05) is 0 Å². The zero-order chi connectivity index (χ0) is 7.11. The Morgan fingerprint density at radius 3 is 2.11 bits per heavy atom. The summed E-state index contributed by atoms with van der Waals surface area (Å²) in [6.07, 6.45) is 6.09. The monoisotopic (exact) mass is 126 g/mol. The maximum absolute atomic E-state index is 3.87. The van der Waals surface area contributed by atoms with E-state index in [0.717, 1.165) is 18.8 Å². The number of hydrogen-bond donors (Lipinski definition) is 0. The van der Waals surface area contributed by atoms with Crippen LogP contribution in [0.4, 0.5) is 0 Å². The van der Waals surface area contributed by atoms with Crippen molar-refractivity contribution in [1.29, 1.82) is 0 Å². The normalized spacial score (nSPS) is 10.7. The SMILES string of the molecule is [CH2]CC(C[CH2])CCCC.